The summed E-state index contributed by atoms with van der Waals surface area (Å²) in [6, 6.07) is 0. The Morgan fingerprint density at radius 1 is 0.611 bits per heavy atom. The minimum atomic E-state index is -0.951. The Hall–Kier alpha value is -0.0800. The second-order valence-corrected chi connectivity index (χ2v) is 6.17. The lowest BCUT2D eigenvalue weighted by Crippen LogP contribution is -2.49. The lowest BCUT2D eigenvalue weighted by atomic mass is 9.78. The molecule has 0 aromatic heterocycles. The first-order chi connectivity index (χ1) is 8.37. The Labute approximate surface area is 114 Å². The summed E-state index contributed by atoms with van der Waals surface area (Å²) >= 11 is 0. The molecule has 0 heterocycles. The third-order valence-corrected chi connectivity index (χ3v) is 4.19. The normalized spacial score (nSPS) is 18.3. The van der Waals surface area contributed by atoms with Crippen LogP contribution in [0.25, 0.3) is 0 Å². The quantitative estimate of drug-likeness (QED) is 0.538. The van der Waals surface area contributed by atoms with Gasteiger partial charge in [0.25, 0.3) is 0 Å². The highest BCUT2D eigenvalue weighted by molar-refractivity contribution is 4.93. The van der Waals surface area contributed by atoms with Gasteiger partial charge in [-0.3, -0.25) is 0 Å². The molecule has 0 spiro atoms. The van der Waals surface area contributed by atoms with Gasteiger partial charge in [0.15, 0.2) is 0 Å². The fourth-order valence-electron chi connectivity index (χ4n) is 2.33. The van der Waals surface area contributed by atoms with E-state index in [4.69, 9.17) is 0 Å². The Morgan fingerprint density at radius 3 is 1.22 bits per heavy atom. The van der Waals surface area contributed by atoms with E-state index in [9.17, 15) is 10.2 Å². The van der Waals surface area contributed by atoms with E-state index < -0.39 is 11.2 Å². The van der Waals surface area contributed by atoms with Gasteiger partial charge in [-0.1, -0.05) is 65.2 Å². The Balaban J connectivity index is 4.02. The van der Waals surface area contributed by atoms with E-state index in [-0.39, 0.29) is 0 Å². The summed E-state index contributed by atoms with van der Waals surface area (Å²) in [6.45, 7) is 7.95. The van der Waals surface area contributed by atoms with Gasteiger partial charge < -0.3 is 10.2 Å². The molecule has 0 unspecified atom stereocenters. The summed E-state index contributed by atoms with van der Waals surface area (Å²) in [5.41, 5.74) is -1.90. The molecule has 0 aromatic carbocycles. The van der Waals surface area contributed by atoms with Crippen LogP contribution in [0.1, 0.15) is 91.9 Å². The fourth-order valence-corrected chi connectivity index (χ4v) is 2.33. The van der Waals surface area contributed by atoms with Gasteiger partial charge in [-0.15, -0.1) is 0 Å². The topological polar surface area (TPSA) is 40.5 Å². The molecule has 0 aromatic rings. The summed E-state index contributed by atoms with van der Waals surface area (Å²) in [5, 5.41) is 20.9. The minimum absolute atomic E-state index is 0.702. The molecule has 18 heavy (non-hydrogen) atoms. The van der Waals surface area contributed by atoms with E-state index >= 15 is 0 Å². The van der Waals surface area contributed by atoms with Crippen LogP contribution < -0.4 is 0 Å². The third-order valence-electron chi connectivity index (χ3n) is 4.19. The number of unbranched alkanes of at least 4 members (excludes halogenated alkanes) is 6. The molecule has 0 bridgehead atoms. The molecule has 2 N–H and O–H groups in total. The Bertz CT molecular complexity index is 175. The average Bonchev–Trinajstić information content (AvgIpc) is 2.30. The largest absolute Gasteiger partial charge is 0.387 e. The molecule has 2 nitrogen and oxygen atoms in total. The molecule has 0 saturated carbocycles. The molecule has 0 aliphatic rings. The van der Waals surface area contributed by atoms with Gasteiger partial charge in [0.1, 0.15) is 0 Å². The van der Waals surface area contributed by atoms with Crippen molar-refractivity contribution in [2.75, 3.05) is 0 Å². The van der Waals surface area contributed by atoms with Crippen molar-refractivity contribution in [3.05, 3.63) is 0 Å². The molecular weight excluding hydrogens is 224 g/mol. The SMILES string of the molecule is CCCCCC[C@](C)(O)[C@@](C)(O)CCCCCC. The van der Waals surface area contributed by atoms with Gasteiger partial charge in [-0.05, 0) is 26.7 Å². The van der Waals surface area contributed by atoms with Gasteiger partial charge >= 0.3 is 0 Å². The van der Waals surface area contributed by atoms with Crippen LogP contribution in [0.2, 0.25) is 0 Å². The Morgan fingerprint density at radius 2 is 0.944 bits per heavy atom. The molecule has 0 amide bonds. The van der Waals surface area contributed by atoms with Crippen LogP contribution in [0.3, 0.4) is 0 Å². The number of hydrogen-bond acceptors (Lipinski definition) is 2. The van der Waals surface area contributed by atoms with Crippen LogP contribution in [0.4, 0.5) is 0 Å². The molecule has 0 aliphatic carbocycles. The average molecular weight is 258 g/mol. The van der Waals surface area contributed by atoms with Crippen LogP contribution in [0, 0.1) is 0 Å². The maximum Gasteiger partial charge on any atom is 0.0902 e. The number of hydrogen-bond donors (Lipinski definition) is 2. The van der Waals surface area contributed by atoms with Crippen molar-refractivity contribution in [2.45, 2.75) is 103 Å². The number of rotatable bonds is 11. The van der Waals surface area contributed by atoms with Crippen molar-refractivity contribution in [2.24, 2.45) is 0 Å². The second kappa shape index (κ2) is 8.92. The van der Waals surface area contributed by atoms with Crippen LogP contribution in [-0.2, 0) is 0 Å². The molecule has 0 rings (SSSR count). The van der Waals surface area contributed by atoms with Gasteiger partial charge in [-0.2, -0.15) is 0 Å². The summed E-state index contributed by atoms with van der Waals surface area (Å²) in [4.78, 5) is 0. The summed E-state index contributed by atoms with van der Waals surface area (Å²) in [5.74, 6) is 0. The van der Waals surface area contributed by atoms with Crippen molar-refractivity contribution in [3.63, 3.8) is 0 Å². The molecule has 0 saturated heterocycles. The van der Waals surface area contributed by atoms with E-state index in [1.165, 1.54) is 25.7 Å². The van der Waals surface area contributed by atoms with E-state index in [0.717, 1.165) is 25.7 Å². The van der Waals surface area contributed by atoms with E-state index in [2.05, 4.69) is 13.8 Å². The number of aliphatic hydroxyl groups is 2. The van der Waals surface area contributed by atoms with Crippen molar-refractivity contribution in [1.29, 1.82) is 0 Å². The fraction of sp³-hybridized carbons (Fsp3) is 1.00. The maximum absolute atomic E-state index is 10.4. The van der Waals surface area contributed by atoms with E-state index in [1.807, 2.05) is 0 Å². The van der Waals surface area contributed by atoms with E-state index in [1.54, 1.807) is 13.8 Å². The highest BCUT2D eigenvalue weighted by Gasteiger charge is 2.40. The predicted molar refractivity (Wildman–Crippen MR) is 78.8 cm³/mol. The third kappa shape index (κ3) is 6.75. The van der Waals surface area contributed by atoms with Crippen LogP contribution in [0.5, 0.6) is 0 Å². The first kappa shape index (κ1) is 17.9. The van der Waals surface area contributed by atoms with Crippen molar-refractivity contribution < 1.29 is 10.2 Å². The first-order valence-corrected chi connectivity index (χ1v) is 7.82. The van der Waals surface area contributed by atoms with Crippen molar-refractivity contribution in [1.82, 2.24) is 0 Å². The van der Waals surface area contributed by atoms with Gasteiger partial charge in [0, 0.05) is 0 Å². The predicted octanol–water partition coefficient (Wildman–Crippen LogP) is 4.43. The summed E-state index contributed by atoms with van der Waals surface area (Å²) in [7, 11) is 0. The lowest BCUT2D eigenvalue weighted by molar-refractivity contribution is -0.140. The summed E-state index contributed by atoms with van der Waals surface area (Å²) < 4.78 is 0. The lowest BCUT2D eigenvalue weighted by Gasteiger charge is -2.39. The zero-order valence-electron chi connectivity index (χ0n) is 13.0. The molecule has 0 radical (unpaired) electrons. The second-order valence-electron chi connectivity index (χ2n) is 6.17. The zero-order chi connectivity index (χ0) is 14.1. The monoisotopic (exact) mass is 258 g/mol. The molecular formula is C16H34O2. The standard InChI is InChI=1S/C16H34O2/c1-5-7-9-11-13-15(3,17)16(4,18)14-12-10-8-6-2/h17-18H,5-14H2,1-4H3/t15-,16-/m0/s1. The van der Waals surface area contributed by atoms with Crippen LogP contribution in [-0.4, -0.2) is 21.4 Å². The van der Waals surface area contributed by atoms with Crippen LogP contribution >= 0.6 is 0 Å². The molecule has 110 valence electrons. The molecule has 2 heteroatoms. The first-order valence-electron chi connectivity index (χ1n) is 7.82. The smallest absolute Gasteiger partial charge is 0.0902 e. The highest BCUT2D eigenvalue weighted by Crippen LogP contribution is 2.32. The molecule has 0 fully saturated rings. The van der Waals surface area contributed by atoms with Crippen molar-refractivity contribution >= 4 is 0 Å². The van der Waals surface area contributed by atoms with Crippen LogP contribution in [0.15, 0.2) is 0 Å². The van der Waals surface area contributed by atoms with Gasteiger partial charge in [0.2, 0.25) is 0 Å². The highest BCUT2D eigenvalue weighted by atomic mass is 16.4. The summed E-state index contributed by atoms with van der Waals surface area (Å²) in [6.07, 6.45) is 10.6. The van der Waals surface area contributed by atoms with Crippen molar-refractivity contribution in [3.8, 4) is 0 Å². The molecule has 0 aliphatic heterocycles. The maximum atomic E-state index is 10.4. The Kier molecular flexibility index (Phi) is 8.89. The zero-order valence-corrected chi connectivity index (χ0v) is 13.0. The molecule has 2 atom stereocenters. The van der Waals surface area contributed by atoms with Gasteiger partial charge in [0.05, 0.1) is 11.2 Å². The van der Waals surface area contributed by atoms with Gasteiger partial charge in [-0.25, -0.2) is 0 Å². The van der Waals surface area contributed by atoms with E-state index in [0.29, 0.717) is 12.8 Å². The minimum Gasteiger partial charge on any atom is -0.387 e.